The summed E-state index contributed by atoms with van der Waals surface area (Å²) in [6, 6.07) is 4.57. The van der Waals surface area contributed by atoms with Gasteiger partial charge in [0.15, 0.2) is 6.29 Å². The number of aliphatic carboxylic acids is 1. The molecule has 1 aromatic rings. The Labute approximate surface area is 91.4 Å². The van der Waals surface area contributed by atoms with Gasteiger partial charge in [-0.2, -0.15) is 0 Å². The Morgan fingerprint density at radius 1 is 1.53 bits per heavy atom. The topological polar surface area (TPSA) is 63.6 Å². The molecule has 5 heteroatoms. The van der Waals surface area contributed by atoms with Gasteiger partial charge in [0.2, 0.25) is 0 Å². The van der Waals surface area contributed by atoms with E-state index in [0.29, 0.717) is 22.6 Å². The third-order valence-electron chi connectivity index (χ3n) is 1.67. The maximum Gasteiger partial charge on any atom is 0.306 e. The van der Waals surface area contributed by atoms with E-state index in [1.165, 1.54) is 12.1 Å². The van der Waals surface area contributed by atoms with Crippen molar-refractivity contribution in [3.63, 3.8) is 0 Å². The van der Waals surface area contributed by atoms with Crippen molar-refractivity contribution in [1.82, 2.24) is 0 Å². The van der Waals surface area contributed by atoms with Crippen LogP contribution in [0.2, 0.25) is 5.02 Å². The van der Waals surface area contributed by atoms with Crippen molar-refractivity contribution in [2.45, 2.75) is 6.42 Å². The molecule has 0 aliphatic carbocycles. The predicted molar refractivity (Wildman–Crippen MR) is 54.6 cm³/mol. The Morgan fingerprint density at radius 2 is 2.27 bits per heavy atom. The lowest BCUT2D eigenvalue weighted by atomic mass is 10.2. The van der Waals surface area contributed by atoms with E-state index in [-0.39, 0.29) is 13.0 Å². The van der Waals surface area contributed by atoms with E-state index < -0.39 is 5.97 Å². The first-order valence-electron chi connectivity index (χ1n) is 4.23. The zero-order chi connectivity index (χ0) is 11.3. The fourth-order valence-corrected chi connectivity index (χ4v) is 1.17. The lowest BCUT2D eigenvalue weighted by molar-refractivity contribution is -0.137. The van der Waals surface area contributed by atoms with Crippen LogP contribution in [0, 0.1) is 0 Å². The molecule has 0 aliphatic rings. The van der Waals surface area contributed by atoms with Crippen molar-refractivity contribution in [3.05, 3.63) is 28.8 Å². The van der Waals surface area contributed by atoms with Crippen LogP contribution >= 0.6 is 11.6 Å². The smallest absolute Gasteiger partial charge is 0.306 e. The van der Waals surface area contributed by atoms with Gasteiger partial charge in [0.05, 0.1) is 18.6 Å². The fourth-order valence-electron chi connectivity index (χ4n) is 0.991. The van der Waals surface area contributed by atoms with Crippen molar-refractivity contribution in [1.29, 1.82) is 0 Å². The second-order valence-electron chi connectivity index (χ2n) is 2.79. The Morgan fingerprint density at radius 3 is 2.87 bits per heavy atom. The monoisotopic (exact) mass is 228 g/mol. The Balaban J connectivity index is 2.67. The molecular weight excluding hydrogens is 220 g/mol. The molecule has 1 rings (SSSR count). The van der Waals surface area contributed by atoms with Gasteiger partial charge >= 0.3 is 5.97 Å². The van der Waals surface area contributed by atoms with E-state index in [9.17, 15) is 9.59 Å². The summed E-state index contributed by atoms with van der Waals surface area (Å²) in [5.41, 5.74) is 0.313. The summed E-state index contributed by atoms with van der Waals surface area (Å²) >= 11 is 5.67. The quantitative estimate of drug-likeness (QED) is 0.783. The lowest BCUT2D eigenvalue weighted by Crippen LogP contribution is -2.05. The van der Waals surface area contributed by atoms with Crippen molar-refractivity contribution < 1.29 is 19.4 Å². The van der Waals surface area contributed by atoms with Crippen LogP contribution in [-0.2, 0) is 4.79 Å². The molecular formula is C10H9ClO4. The molecule has 0 heterocycles. The van der Waals surface area contributed by atoms with Gasteiger partial charge in [-0.05, 0) is 18.2 Å². The normalized spacial score (nSPS) is 9.67. The van der Waals surface area contributed by atoms with E-state index in [1.54, 1.807) is 6.07 Å². The van der Waals surface area contributed by atoms with Gasteiger partial charge in [-0.25, -0.2) is 0 Å². The Hall–Kier alpha value is -1.55. The number of benzene rings is 1. The molecule has 0 saturated carbocycles. The fraction of sp³-hybridized carbons (Fsp3) is 0.200. The van der Waals surface area contributed by atoms with Crippen molar-refractivity contribution >= 4 is 23.9 Å². The van der Waals surface area contributed by atoms with Gasteiger partial charge in [0.1, 0.15) is 5.75 Å². The molecule has 0 saturated heterocycles. The molecule has 0 aromatic heterocycles. The van der Waals surface area contributed by atoms with Crippen LogP contribution in [0.1, 0.15) is 16.8 Å². The molecule has 0 unspecified atom stereocenters. The number of hydrogen-bond acceptors (Lipinski definition) is 3. The molecule has 0 atom stereocenters. The van der Waals surface area contributed by atoms with Gasteiger partial charge in [0.25, 0.3) is 0 Å². The summed E-state index contributed by atoms with van der Waals surface area (Å²) in [5.74, 6) is -0.604. The van der Waals surface area contributed by atoms with Gasteiger partial charge in [-0.1, -0.05) is 11.6 Å². The third kappa shape index (κ3) is 3.59. The van der Waals surface area contributed by atoms with Gasteiger partial charge in [-0.15, -0.1) is 0 Å². The summed E-state index contributed by atoms with van der Waals surface area (Å²) in [6.07, 6.45) is 0.503. The second-order valence-corrected chi connectivity index (χ2v) is 3.23. The van der Waals surface area contributed by atoms with Crippen molar-refractivity contribution in [2.75, 3.05) is 6.61 Å². The summed E-state index contributed by atoms with van der Waals surface area (Å²) in [5, 5.41) is 8.82. The number of carboxylic acid groups (broad SMARTS) is 1. The largest absolute Gasteiger partial charge is 0.492 e. The maximum absolute atomic E-state index is 10.6. The van der Waals surface area contributed by atoms with Gasteiger partial charge in [-0.3, -0.25) is 9.59 Å². The van der Waals surface area contributed by atoms with Gasteiger partial charge in [0, 0.05) is 5.02 Å². The highest BCUT2D eigenvalue weighted by Gasteiger charge is 2.04. The highest BCUT2D eigenvalue weighted by Crippen LogP contribution is 2.21. The third-order valence-corrected chi connectivity index (χ3v) is 1.91. The Kier molecular flexibility index (Phi) is 4.12. The zero-order valence-corrected chi connectivity index (χ0v) is 8.53. The first-order valence-corrected chi connectivity index (χ1v) is 4.60. The average Bonchev–Trinajstić information content (AvgIpc) is 2.19. The van der Waals surface area contributed by atoms with Crippen molar-refractivity contribution in [2.24, 2.45) is 0 Å². The van der Waals surface area contributed by atoms with Crippen LogP contribution in [0.5, 0.6) is 5.75 Å². The van der Waals surface area contributed by atoms with Gasteiger partial charge < -0.3 is 9.84 Å². The van der Waals surface area contributed by atoms with Crippen LogP contribution in [-0.4, -0.2) is 24.0 Å². The van der Waals surface area contributed by atoms with Crippen LogP contribution in [0.25, 0.3) is 0 Å². The summed E-state index contributed by atoms with van der Waals surface area (Å²) in [4.78, 5) is 20.8. The average molecular weight is 229 g/mol. The number of carbonyl (C=O) groups is 2. The van der Waals surface area contributed by atoms with Crippen LogP contribution in [0.4, 0.5) is 0 Å². The molecule has 1 N–H and O–H groups in total. The molecule has 0 bridgehead atoms. The standard InChI is InChI=1S/C10H9ClO4/c11-8-1-2-9(7(5-8)6-12)15-4-3-10(13)14/h1-2,5-6H,3-4H2,(H,13,14). The van der Waals surface area contributed by atoms with E-state index in [2.05, 4.69) is 0 Å². The van der Waals surface area contributed by atoms with E-state index in [0.717, 1.165) is 0 Å². The number of aldehydes is 1. The minimum Gasteiger partial charge on any atom is -0.492 e. The summed E-state index contributed by atoms with van der Waals surface area (Å²) in [7, 11) is 0. The van der Waals surface area contributed by atoms with Crippen LogP contribution in [0.15, 0.2) is 18.2 Å². The molecule has 80 valence electrons. The number of halogens is 1. The highest BCUT2D eigenvalue weighted by atomic mass is 35.5. The number of rotatable bonds is 5. The van der Waals surface area contributed by atoms with Crippen LogP contribution < -0.4 is 4.74 Å². The van der Waals surface area contributed by atoms with Crippen molar-refractivity contribution in [3.8, 4) is 5.75 Å². The van der Waals surface area contributed by atoms with E-state index in [1.807, 2.05) is 0 Å². The molecule has 0 amide bonds. The predicted octanol–water partition coefficient (Wildman–Crippen LogP) is 2.01. The van der Waals surface area contributed by atoms with E-state index >= 15 is 0 Å². The molecule has 0 radical (unpaired) electrons. The highest BCUT2D eigenvalue weighted by molar-refractivity contribution is 6.30. The molecule has 0 spiro atoms. The zero-order valence-electron chi connectivity index (χ0n) is 7.77. The second kappa shape index (κ2) is 5.36. The first kappa shape index (κ1) is 11.5. The number of hydrogen-bond donors (Lipinski definition) is 1. The minimum atomic E-state index is -0.948. The molecule has 1 aromatic carbocycles. The number of ether oxygens (including phenoxy) is 1. The summed E-state index contributed by atoms with van der Waals surface area (Å²) < 4.78 is 5.12. The molecule has 4 nitrogen and oxygen atoms in total. The Bertz CT molecular complexity index is 376. The maximum atomic E-state index is 10.6. The van der Waals surface area contributed by atoms with Crippen LogP contribution in [0.3, 0.4) is 0 Å². The SMILES string of the molecule is O=Cc1cc(Cl)ccc1OCCC(=O)O. The van der Waals surface area contributed by atoms with E-state index in [4.69, 9.17) is 21.4 Å². The number of carbonyl (C=O) groups excluding carboxylic acids is 1. The lowest BCUT2D eigenvalue weighted by Gasteiger charge is -2.06. The molecule has 15 heavy (non-hydrogen) atoms. The molecule has 0 fully saturated rings. The first-order chi connectivity index (χ1) is 7.13. The summed E-state index contributed by atoms with van der Waals surface area (Å²) in [6.45, 7) is 0.0256. The minimum absolute atomic E-state index is 0.0256. The molecule has 0 aliphatic heterocycles. The number of carboxylic acids is 1.